The summed E-state index contributed by atoms with van der Waals surface area (Å²) in [5, 5.41) is 11.0. The number of aryl methyl sites for hydroxylation is 1. The van der Waals surface area contributed by atoms with Crippen LogP contribution in [-0.4, -0.2) is 24.2 Å². The first-order valence-electron chi connectivity index (χ1n) is 4.56. The Morgan fingerprint density at radius 1 is 1.56 bits per heavy atom. The molecule has 0 amide bonds. The summed E-state index contributed by atoms with van der Waals surface area (Å²) < 4.78 is 4.55. The Labute approximate surface area is 109 Å². The zero-order chi connectivity index (χ0) is 13.1. The lowest BCUT2D eigenvalue weighted by atomic mass is 10.5. The van der Waals surface area contributed by atoms with Gasteiger partial charge in [0, 0.05) is 0 Å². The van der Waals surface area contributed by atoms with Gasteiger partial charge in [-0.15, -0.1) is 0 Å². The number of hydrogen-bond donors (Lipinski definition) is 2. The fourth-order valence-electron chi connectivity index (χ4n) is 1.03. The second-order valence-corrected chi connectivity index (χ2v) is 4.98. The zero-order valence-electron chi connectivity index (χ0n) is 9.02. The first-order chi connectivity index (χ1) is 8.60. The van der Waals surface area contributed by atoms with Crippen LogP contribution in [0.15, 0.2) is 15.6 Å². The molecule has 2 rings (SSSR count). The first-order valence-corrected chi connectivity index (χ1v) is 6.15. The number of nitrogen functional groups attached to an aromatic ring is 1. The van der Waals surface area contributed by atoms with Crippen molar-refractivity contribution < 1.29 is 4.92 Å². The highest BCUT2D eigenvalue weighted by molar-refractivity contribution is 8.01. The van der Waals surface area contributed by atoms with Gasteiger partial charge in [0.2, 0.25) is 5.95 Å². The third-order valence-electron chi connectivity index (χ3n) is 1.75. The van der Waals surface area contributed by atoms with Crippen LogP contribution in [0.2, 0.25) is 0 Å². The fraction of sp³-hybridized carbons (Fsp3) is 0.143. The minimum atomic E-state index is -0.559. The molecule has 0 radical (unpaired) electrons. The highest BCUT2D eigenvalue weighted by Crippen LogP contribution is 2.33. The minimum absolute atomic E-state index is 0.101. The van der Waals surface area contributed by atoms with Gasteiger partial charge in [-0.25, -0.2) is 15.8 Å². The number of nitro groups is 1. The smallest absolute Gasteiger partial charge is 0.292 e. The summed E-state index contributed by atoms with van der Waals surface area (Å²) in [5.74, 6) is 5.87. The third-order valence-corrected chi connectivity index (χ3v) is 3.59. The lowest BCUT2D eigenvalue weighted by Crippen LogP contribution is -2.11. The van der Waals surface area contributed by atoms with Gasteiger partial charge in [-0.05, 0) is 30.2 Å². The quantitative estimate of drug-likeness (QED) is 0.365. The summed E-state index contributed by atoms with van der Waals surface area (Å²) in [6.45, 7) is 1.74. The van der Waals surface area contributed by atoms with E-state index < -0.39 is 4.92 Å². The van der Waals surface area contributed by atoms with Crippen LogP contribution in [0, 0.1) is 17.0 Å². The molecule has 0 atom stereocenters. The van der Waals surface area contributed by atoms with Crippen molar-refractivity contribution in [2.24, 2.45) is 5.84 Å². The highest BCUT2D eigenvalue weighted by Gasteiger charge is 2.19. The average Bonchev–Trinajstić information content (AvgIpc) is 2.74. The first kappa shape index (κ1) is 12.6. The van der Waals surface area contributed by atoms with Crippen molar-refractivity contribution in [3.8, 4) is 0 Å². The van der Waals surface area contributed by atoms with Crippen LogP contribution in [0.4, 0.5) is 11.6 Å². The molecule has 0 unspecified atom stereocenters. The van der Waals surface area contributed by atoms with Crippen molar-refractivity contribution in [1.29, 1.82) is 0 Å². The maximum absolute atomic E-state index is 10.8. The van der Waals surface area contributed by atoms with Crippen molar-refractivity contribution in [3.63, 3.8) is 0 Å². The molecule has 0 bridgehead atoms. The molecular formula is C7H7N7O2S2. The lowest BCUT2D eigenvalue weighted by molar-refractivity contribution is -0.388. The number of nitrogens with two attached hydrogens (primary N) is 1. The monoisotopic (exact) mass is 285 g/mol. The van der Waals surface area contributed by atoms with Crippen LogP contribution in [0.3, 0.4) is 0 Å². The van der Waals surface area contributed by atoms with E-state index in [0.717, 1.165) is 29.5 Å². The zero-order valence-corrected chi connectivity index (χ0v) is 10.7. The summed E-state index contributed by atoms with van der Waals surface area (Å²) in [6.07, 6.45) is 1.10. The molecular weight excluding hydrogens is 278 g/mol. The Kier molecular flexibility index (Phi) is 3.64. The van der Waals surface area contributed by atoms with E-state index >= 15 is 0 Å². The maximum Gasteiger partial charge on any atom is 0.320 e. The molecule has 11 heteroatoms. The number of aromatic nitrogens is 4. The fourth-order valence-corrected chi connectivity index (χ4v) is 2.66. The van der Waals surface area contributed by atoms with Crippen molar-refractivity contribution >= 4 is 34.9 Å². The molecule has 0 saturated heterocycles. The number of hydrazine groups is 1. The van der Waals surface area contributed by atoms with Gasteiger partial charge in [0.25, 0.3) is 0 Å². The number of hydrogen-bond acceptors (Lipinski definition) is 10. The average molecular weight is 285 g/mol. The predicted molar refractivity (Wildman–Crippen MR) is 65.3 cm³/mol. The van der Waals surface area contributed by atoms with E-state index in [2.05, 4.69) is 24.8 Å². The van der Waals surface area contributed by atoms with Gasteiger partial charge in [0.05, 0.1) is 4.92 Å². The van der Waals surface area contributed by atoms with Gasteiger partial charge in [-0.3, -0.25) is 15.5 Å². The van der Waals surface area contributed by atoms with Gasteiger partial charge in [0.15, 0.2) is 9.37 Å². The molecule has 0 saturated carbocycles. The van der Waals surface area contributed by atoms with Gasteiger partial charge < -0.3 is 0 Å². The molecule has 18 heavy (non-hydrogen) atoms. The Morgan fingerprint density at radius 3 is 2.89 bits per heavy atom. The topological polar surface area (TPSA) is 133 Å². The number of rotatable bonds is 4. The van der Waals surface area contributed by atoms with E-state index in [-0.39, 0.29) is 16.7 Å². The van der Waals surface area contributed by atoms with Crippen LogP contribution >= 0.6 is 23.3 Å². The van der Waals surface area contributed by atoms with E-state index in [9.17, 15) is 10.1 Å². The van der Waals surface area contributed by atoms with Crippen LogP contribution in [0.1, 0.15) is 5.82 Å². The van der Waals surface area contributed by atoms with Crippen molar-refractivity contribution in [3.05, 3.63) is 22.1 Å². The molecule has 0 aromatic carbocycles. The Morgan fingerprint density at radius 2 is 2.33 bits per heavy atom. The summed E-state index contributed by atoms with van der Waals surface area (Å²) in [6, 6.07) is 0. The van der Waals surface area contributed by atoms with Crippen LogP contribution < -0.4 is 11.3 Å². The van der Waals surface area contributed by atoms with E-state index in [1.807, 2.05) is 0 Å². The molecule has 2 aromatic rings. The lowest BCUT2D eigenvalue weighted by Gasteiger charge is -2.01. The van der Waals surface area contributed by atoms with Gasteiger partial charge in [0.1, 0.15) is 12.0 Å². The number of anilines is 1. The SMILES string of the molecule is Cc1nsc(Sc2nc(NN)ncc2[N+](=O)[O-])n1. The Balaban J connectivity index is 2.37. The molecule has 94 valence electrons. The molecule has 3 N–H and O–H groups in total. The summed E-state index contributed by atoms with van der Waals surface area (Å²) >= 11 is 2.19. The van der Waals surface area contributed by atoms with E-state index in [0.29, 0.717) is 10.2 Å². The number of nitrogens with one attached hydrogen (secondary N) is 1. The second-order valence-electron chi connectivity index (χ2n) is 3.00. The van der Waals surface area contributed by atoms with Crippen molar-refractivity contribution in [2.45, 2.75) is 16.3 Å². The van der Waals surface area contributed by atoms with E-state index in [1.165, 1.54) is 0 Å². The molecule has 2 aromatic heterocycles. The van der Waals surface area contributed by atoms with Gasteiger partial charge in [-0.2, -0.15) is 9.36 Å². The van der Waals surface area contributed by atoms with E-state index in [1.54, 1.807) is 6.92 Å². The maximum atomic E-state index is 10.8. The molecule has 2 heterocycles. The van der Waals surface area contributed by atoms with E-state index in [4.69, 9.17) is 5.84 Å². The summed E-state index contributed by atoms with van der Waals surface area (Å²) in [4.78, 5) is 22.0. The molecule has 9 nitrogen and oxygen atoms in total. The molecule has 0 aliphatic heterocycles. The van der Waals surface area contributed by atoms with Crippen LogP contribution in [0.5, 0.6) is 0 Å². The molecule has 0 fully saturated rings. The van der Waals surface area contributed by atoms with Crippen molar-refractivity contribution in [1.82, 2.24) is 19.3 Å². The van der Waals surface area contributed by atoms with Crippen molar-refractivity contribution in [2.75, 3.05) is 5.43 Å². The Hall–Kier alpha value is -1.85. The largest absolute Gasteiger partial charge is 0.320 e. The molecule has 0 aliphatic rings. The summed E-state index contributed by atoms with van der Waals surface area (Å²) in [5.41, 5.74) is 2.03. The second kappa shape index (κ2) is 5.20. The standard InChI is InChI=1S/C7H7N7O2S2/c1-3-10-7(18-13-3)17-5-4(14(15)16)2-9-6(11-5)12-8/h2H,8H2,1H3,(H,9,11,12). The van der Waals surface area contributed by atoms with Crippen LogP contribution in [-0.2, 0) is 0 Å². The van der Waals surface area contributed by atoms with Crippen LogP contribution in [0.25, 0.3) is 0 Å². The third kappa shape index (κ3) is 2.69. The van der Waals surface area contributed by atoms with Gasteiger partial charge >= 0.3 is 5.69 Å². The highest BCUT2D eigenvalue weighted by atomic mass is 32.2. The summed E-state index contributed by atoms with van der Waals surface area (Å²) in [7, 11) is 0. The predicted octanol–water partition coefficient (Wildman–Crippen LogP) is 0.982. The molecule has 0 spiro atoms. The normalized spacial score (nSPS) is 10.3. The molecule has 0 aliphatic carbocycles. The number of nitrogens with zero attached hydrogens (tertiary/aromatic N) is 5. The Bertz CT molecular complexity index is 587. The minimum Gasteiger partial charge on any atom is -0.292 e. The van der Waals surface area contributed by atoms with Gasteiger partial charge in [-0.1, -0.05) is 0 Å².